The molecule has 4 aromatic rings. The van der Waals surface area contributed by atoms with Gasteiger partial charge in [0.25, 0.3) is 47.3 Å². The lowest BCUT2D eigenvalue weighted by molar-refractivity contribution is -0.314. The lowest BCUT2D eigenvalue weighted by Crippen LogP contribution is -2.56. The van der Waals surface area contributed by atoms with Crippen molar-refractivity contribution in [3.05, 3.63) is 125 Å². The molecule has 0 bridgehead atoms. The molecule has 0 saturated carbocycles. The van der Waals surface area contributed by atoms with Crippen LogP contribution in [0.2, 0.25) is 80.4 Å². The molecule has 4 atom stereocenters. The number of ether oxygens (including phenoxy) is 2. The highest BCUT2D eigenvalue weighted by atomic mass is 35.5. The minimum Gasteiger partial charge on any atom is -0.548 e. The van der Waals surface area contributed by atoms with Crippen LogP contribution in [0.3, 0.4) is 0 Å². The molecule has 0 aliphatic carbocycles. The summed E-state index contributed by atoms with van der Waals surface area (Å²) in [4.78, 5) is 159. The van der Waals surface area contributed by atoms with Gasteiger partial charge in [-0.2, -0.15) is 0 Å². The Morgan fingerprint density at radius 2 is 0.412 bits per heavy atom. The Hall–Kier alpha value is -4.61. The van der Waals surface area contributed by atoms with Gasteiger partial charge in [-0.05, 0) is 35.5 Å². The number of esters is 1. The summed E-state index contributed by atoms with van der Waals surface area (Å²) in [7, 11) is 1.68. The number of carboxylic acids is 4. The number of benzene rings is 4. The first-order chi connectivity index (χ1) is 46.3. The van der Waals surface area contributed by atoms with E-state index < -0.39 is 117 Å². The van der Waals surface area contributed by atoms with E-state index in [4.69, 9.17) is 186 Å². The first kappa shape index (κ1) is 91.6. The Labute approximate surface area is 663 Å². The van der Waals surface area contributed by atoms with E-state index >= 15 is 0 Å². The first-order valence-corrected chi connectivity index (χ1v) is 34.8. The van der Waals surface area contributed by atoms with E-state index in [9.17, 15) is 82.8 Å². The van der Waals surface area contributed by atoms with Crippen molar-refractivity contribution < 1.29 is 92.2 Å². The molecule has 0 saturated heterocycles. The summed E-state index contributed by atoms with van der Waals surface area (Å²) in [5.74, 6) is -13.7. The number of imide groups is 4. The van der Waals surface area contributed by atoms with E-state index in [0.29, 0.717) is 26.2 Å². The highest BCUT2D eigenvalue weighted by Gasteiger charge is 2.53. The van der Waals surface area contributed by atoms with Gasteiger partial charge >= 0.3 is 5.97 Å². The minimum absolute atomic E-state index is 0.180. The third-order valence-corrected chi connectivity index (χ3v) is 21.6. The van der Waals surface area contributed by atoms with E-state index in [1.807, 2.05) is 6.92 Å². The monoisotopic (exact) mass is 1730 g/mol. The average Bonchev–Trinajstić information content (AvgIpc) is 1.60. The Bertz CT molecular complexity index is 3540. The van der Waals surface area contributed by atoms with Gasteiger partial charge in [0.15, 0.2) is 0 Å². The van der Waals surface area contributed by atoms with E-state index in [0.717, 1.165) is 6.61 Å². The Balaban J connectivity index is 0.000000337. The summed E-state index contributed by atoms with van der Waals surface area (Å²) in [5.41, 5.74) is -5.96. The third kappa shape index (κ3) is 18.3. The minimum atomic E-state index is -1.57. The summed E-state index contributed by atoms with van der Waals surface area (Å²) in [6, 6.07) is -6.06. The molecule has 8 rings (SSSR count). The number of rotatable bonds is 10. The third-order valence-electron chi connectivity index (χ3n) is 14.4. The number of nitrogens with zero attached hydrogens (tertiary/aromatic N) is 4. The predicted octanol–water partition coefficient (Wildman–Crippen LogP) is 13.5. The number of methoxy groups -OCH3 is 1. The van der Waals surface area contributed by atoms with Gasteiger partial charge in [-0.3, -0.25) is 62.8 Å². The average molecular weight is 1740 g/mol. The zero-order chi connectivity index (χ0) is 79.8. The smallest absolute Gasteiger partial charge is 0.302 e. The molecule has 4 aliphatic heterocycles. The summed E-state index contributed by atoms with van der Waals surface area (Å²) in [6.07, 6.45) is 0. The van der Waals surface area contributed by atoms with Crippen molar-refractivity contribution in [1.29, 1.82) is 0 Å². The van der Waals surface area contributed by atoms with Crippen molar-refractivity contribution in [2.45, 2.75) is 128 Å². The van der Waals surface area contributed by atoms with Gasteiger partial charge in [-0.1, -0.05) is 269 Å². The fourth-order valence-electron chi connectivity index (χ4n) is 9.99. The van der Waals surface area contributed by atoms with E-state index in [-0.39, 0.29) is 131 Å². The van der Waals surface area contributed by atoms with E-state index in [1.54, 1.807) is 97.1 Å². The van der Waals surface area contributed by atoms with Gasteiger partial charge in [0.05, 0.1) is 180 Å². The zero-order valence-electron chi connectivity index (χ0n) is 55.8. The van der Waals surface area contributed by atoms with Crippen LogP contribution >= 0.6 is 186 Å². The molecule has 0 fully saturated rings. The van der Waals surface area contributed by atoms with Crippen molar-refractivity contribution in [1.82, 2.24) is 19.6 Å². The number of fused-ring (bicyclic) bond motifs is 4. The van der Waals surface area contributed by atoms with Crippen LogP contribution in [0, 0.1) is 21.7 Å². The second-order valence-corrected chi connectivity index (χ2v) is 31.8. The summed E-state index contributed by atoms with van der Waals surface area (Å²) in [6.45, 7) is 25.1. The van der Waals surface area contributed by atoms with Crippen LogP contribution in [0.5, 0.6) is 0 Å². The molecule has 4 aliphatic rings. The van der Waals surface area contributed by atoms with Crippen LogP contribution in [0.15, 0.2) is 0 Å². The summed E-state index contributed by atoms with van der Waals surface area (Å²) < 4.78 is 8.94. The molecule has 0 radical (unpaired) electrons. The quantitative estimate of drug-likeness (QED) is 0.0616. The molecule has 0 N–H and O–H groups in total. The van der Waals surface area contributed by atoms with Crippen molar-refractivity contribution in [2.24, 2.45) is 21.7 Å². The number of carboxylic acid groups (broad SMARTS) is 4. The van der Waals surface area contributed by atoms with Gasteiger partial charge in [-0.25, -0.2) is 0 Å². The normalized spacial score (nSPS) is 15.1. The number of carbonyl (C=O) groups excluding carboxylic acids is 13. The molecule has 4 aromatic carbocycles. The van der Waals surface area contributed by atoms with E-state index in [1.165, 1.54) is 6.92 Å². The number of hydrogen-bond donors (Lipinski definition) is 0. The molecular formula is C63H56Cl16N4O19-4. The topological polar surface area (TPSA) is 346 Å². The van der Waals surface area contributed by atoms with Crippen LogP contribution in [0.4, 0.5) is 0 Å². The van der Waals surface area contributed by atoms with Gasteiger partial charge in [0.1, 0.15) is 0 Å². The van der Waals surface area contributed by atoms with Gasteiger partial charge in [0.2, 0.25) is 0 Å². The lowest BCUT2D eigenvalue weighted by atomic mass is 9.85. The van der Waals surface area contributed by atoms with Crippen LogP contribution in [-0.2, 0) is 33.4 Å². The molecule has 0 aromatic heterocycles. The van der Waals surface area contributed by atoms with Crippen LogP contribution in [0.1, 0.15) is 187 Å². The highest BCUT2D eigenvalue weighted by molar-refractivity contribution is 6.58. The lowest BCUT2D eigenvalue weighted by Gasteiger charge is -2.37. The van der Waals surface area contributed by atoms with Gasteiger partial charge < -0.3 is 49.1 Å². The maximum absolute atomic E-state index is 12.6. The molecule has 23 nitrogen and oxygen atoms in total. The van der Waals surface area contributed by atoms with Crippen LogP contribution in [0.25, 0.3) is 0 Å². The fourth-order valence-corrected chi connectivity index (χ4v) is 14.0. The highest BCUT2D eigenvalue weighted by Crippen LogP contribution is 2.51. The van der Waals surface area contributed by atoms with Gasteiger partial charge in [0, 0.05) is 20.6 Å². The molecule has 4 heterocycles. The zero-order valence-corrected chi connectivity index (χ0v) is 67.9. The maximum atomic E-state index is 12.6. The number of hydrogen-bond acceptors (Lipinski definition) is 19. The molecule has 558 valence electrons. The van der Waals surface area contributed by atoms with Gasteiger partial charge in [-0.15, -0.1) is 0 Å². The van der Waals surface area contributed by atoms with Crippen molar-refractivity contribution in [3.8, 4) is 0 Å². The van der Waals surface area contributed by atoms with Crippen molar-refractivity contribution in [2.75, 3.05) is 20.3 Å². The number of amides is 8. The molecule has 0 spiro atoms. The summed E-state index contributed by atoms with van der Waals surface area (Å²) >= 11 is 95.2. The molecule has 4 unspecified atom stereocenters. The SMILES string of the molecule is CC(C)(C)C(C(=O)[O-])N1C(=O)c2c(Cl)c(Cl)c(Cl)c(Cl)c2C1=O.CC(C)(C)C(C(=O)[O-])N1C(=O)c2c(Cl)c(Cl)c(Cl)c(Cl)c2C1=O.CC(C)(C)C(C(=O)[O-])N1C(=O)c2c(Cl)c(Cl)c(Cl)c(Cl)c2C1=O.CC(C)(C)C(C(=O)[O-])N1C(=O)c2c(Cl)c(Cl)c(Cl)c(Cl)c2C1=O.CCOC.CCOC(C)=O. The van der Waals surface area contributed by atoms with Crippen LogP contribution < -0.4 is 20.4 Å². The maximum Gasteiger partial charge on any atom is 0.302 e. The Kier molecular flexibility index (Phi) is 31.4. The fraction of sp³-hybridized carbons (Fsp3) is 0.413. The Morgan fingerprint density at radius 3 is 0.471 bits per heavy atom. The first-order valence-electron chi connectivity index (χ1n) is 28.7. The van der Waals surface area contributed by atoms with Crippen LogP contribution in [-0.4, -0.2) is 141 Å². The molecule has 8 amide bonds. The number of halogens is 16. The molecular weight excluding hydrogens is 1680 g/mol. The summed E-state index contributed by atoms with van der Waals surface area (Å²) in [5, 5.41) is 42.6. The molecule has 39 heteroatoms. The number of carbonyl (C=O) groups is 13. The predicted molar refractivity (Wildman–Crippen MR) is 381 cm³/mol. The largest absolute Gasteiger partial charge is 0.548 e. The second kappa shape index (κ2) is 35.0. The number of aliphatic carboxylic acids is 4. The van der Waals surface area contributed by atoms with Crippen molar-refractivity contribution in [3.63, 3.8) is 0 Å². The van der Waals surface area contributed by atoms with Crippen molar-refractivity contribution >= 4 is 263 Å². The molecule has 102 heavy (non-hydrogen) atoms. The standard InChI is InChI=1S/4C14H11Cl4NO4.C4H8O2.C3H8O/c4*1-14(2,3)10(13(22)23)19-11(20)4-5(12(19)21)7(16)9(18)8(17)6(4)15;1-3-6-4(2)5;1-3-4-2/h4*10H,1-3H3,(H,22,23);3H2,1-2H3;3H2,1-2H3/p-4. The Morgan fingerprint density at radius 1 is 0.294 bits per heavy atom. The second-order valence-electron chi connectivity index (χ2n) is 25.8. The van der Waals surface area contributed by atoms with E-state index in [2.05, 4.69) is 9.47 Å².